The van der Waals surface area contributed by atoms with Crippen LogP contribution in [-0.2, 0) is 6.42 Å². The van der Waals surface area contributed by atoms with Gasteiger partial charge in [-0.3, -0.25) is 0 Å². The maximum atomic E-state index is 8.40. The molecule has 0 amide bonds. The molecule has 0 aliphatic carbocycles. The van der Waals surface area contributed by atoms with Crippen LogP contribution in [0.1, 0.15) is 5.82 Å². The second-order valence-corrected chi connectivity index (χ2v) is 2.28. The summed E-state index contributed by atoms with van der Waals surface area (Å²) < 4.78 is 0. The van der Waals surface area contributed by atoms with Crippen molar-refractivity contribution in [2.24, 2.45) is 0 Å². The van der Waals surface area contributed by atoms with Crippen LogP contribution >= 0.6 is 0 Å². The van der Waals surface area contributed by atoms with E-state index in [1.54, 1.807) is 6.20 Å². The minimum Gasteiger partial charge on any atom is -0.338 e. The lowest BCUT2D eigenvalue weighted by Gasteiger charge is -1.80. The Labute approximate surface area is 68.1 Å². The van der Waals surface area contributed by atoms with E-state index in [1.807, 2.05) is 6.07 Å². The molecule has 0 saturated heterocycles. The first kappa shape index (κ1) is 6.73. The summed E-state index contributed by atoms with van der Waals surface area (Å²) in [5.74, 6) is 0.632. The van der Waals surface area contributed by atoms with Crippen LogP contribution < -0.4 is 0 Å². The first-order valence-electron chi connectivity index (χ1n) is 3.41. The van der Waals surface area contributed by atoms with E-state index in [0.29, 0.717) is 11.5 Å². The summed E-state index contributed by atoms with van der Waals surface area (Å²) in [5.41, 5.74) is 1.37. The maximum absolute atomic E-state index is 8.40. The molecule has 1 N–H and O–H groups in total. The van der Waals surface area contributed by atoms with E-state index in [4.69, 9.17) is 5.26 Å². The van der Waals surface area contributed by atoms with Gasteiger partial charge in [-0.15, -0.1) is 0 Å². The zero-order chi connectivity index (χ0) is 8.39. The van der Waals surface area contributed by atoms with Crippen molar-refractivity contribution in [3.8, 4) is 6.07 Å². The van der Waals surface area contributed by atoms with Crippen LogP contribution in [0, 0.1) is 11.3 Å². The molecule has 12 heavy (non-hydrogen) atoms. The summed E-state index contributed by atoms with van der Waals surface area (Å²) >= 11 is 0. The average molecular weight is 159 g/mol. The van der Waals surface area contributed by atoms with Crippen molar-refractivity contribution in [2.75, 3.05) is 0 Å². The molecular weight excluding hydrogens is 154 g/mol. The van der Waals surface area contributed by atoms with Gasteiger partial charge in [0, 0.05) is 0 Å². The van der Waals surface area contributed by atoms with Crippen molar-refractivity contribution >= 4 is 11.2 Å². The molecule has 0 unspecified atom stereocenters. The summed E-state index contributed by atoms with van der Waals surface area (Å²) in [6.45, 7) is 0. The molecule has 0 spiro atoms. The zero-order valence-corrected chi connectivity index (χ0v) is 6.15. The van der Waals surface area contributed by atoms with Crippen LogP contribution in [0.2, 0.25) is 0 Å². The standard InChI is InChI=1S/C7H5N5/c8-2-1-6-11-5-3-9-4-10-7(5)12-6/h3-4H,1H2,(H,9,10,11,12). The van der Waals surface area contributed by atoms with Gasteiger partial charge in [-0.2, -0.15) is 5.26 Å². The molecule has 0 saturated carbocycles. The SMILES string of the molecule is N#CCc1nc2ncncc2[nH]1. The molecule has 58 valence electrons. The fourth-order valence-electron chi connectivity index (χ4n) is 0.970. The highest BCUT2D eigenvalue weighted by molar-refractivity contribution is 5.68. The highest BCUT2D eigenvalue weighted by Gasteiger charge is 2.01. The maximum Gasteiger partial charge on any atom is 0.180 e. The van der Waals surface area contributed by atoms with E-state index < -0.39 is 0 Å². The number of aromatic amines is 1. The molecule has 0 fully saturated rings. The van der Waals surface area contributed by atoms with Crippen molar-refractivity contribution in [1.29, 1.82) is 5.26 Å². The molecule has 0 atom stereocenters. The topological polar surface area (TPSA) is 78.2 Å². The number of fused-ring (bicyclic) bond motifs is 1. The third-order valence-corrected chi connectivity index (χ3v) is 1.46. The molecule has 2 aromatic rings. The summed E-state index contributed by atoms with van der Waals surface area (Å²) in [4.78, 5) is 14.8. The first-order valence-corrected chi connectivity index (χ1v) is 3.41. The van der Waals surface area contributed by atoms with Crippen LogP contribution in [0.5, 0.6) is 0 Å². The third kappa shape index (κ3) is 0.992. The number of imidazole rings is 1. The molecule has 0 aliphatic heterocycles. The minimum absolute atomic E-state index is 0.274. The number of nitriles is 1. The van der Waals surface area contributed by atoms with Crippen LogP contribution in [0.3, 0.4) is 0 Å². The van der Waals surface area contributed by atoms with Crippen molar-refractivity contribution in [3.05, 3.63) is 18.3 Å². The van der Waals surface area contributed by atoms with Gasteiger partial charge in [0.05, 0.1) is 18.7 Å². The molecular formula is C7H5N5. The largest absolute Gasteiger partial charge is 0.338 e. The number of aromatic nitrogens is 4. The molecule has 2 rings (SSSR count). The third-order valence-electron chi connectivity index (χ3n) is 1.46. The molecule has 5 nitrogen and oxygen atoms in total. The highest BCUT2D eigenvalue weighted by Crippen LogP contribution is 2.05. The van der Waals surface area contributed by atoms with E-state index in [1.165, 1.54) is 6.33 Å². The summed E-state index contributed by atoms with van der Waals surface area (Å²) in [7, 11) is 0. The van der Waals surface area contributed by atoms with Crippen LogP contribution in [-0.4, -0.2) is 19.9 Å². The fraction of sp³-hybridized carbons (Fsp3) is 0.143. The van der Waals surface area contributed by atoms with Crippen molar-refractivity contribution < 1.29 is 0 Å². The Morgan fingerprint density at radius 2 is 2.50 bits per heavy atom. The second-order valence-electron chi connectivity index (χ2n) is 2.28. The first-order chi connectivity index (χ1) is 5.90. The van der Waals surface area contributed by atoms with E-state index in [9.17, 15) is 0 Å². The van der Waals surface area contributed by atoms with Crippen molar-refractivity contribution in [2.45, 2.75) is 6.42 Å². The number of hydrogen-bond donors (Lipinski definition) is 1. The second kappa shape index (κ2) is 2.58. The predicted octanol–water partition coefficient (Wildman–Crippen LogP) is 0.419. The number of H-pyrrole nitrogens is 1. The van der Waals surface area contributed by atoms with Gasteiger partial charge in [0.15, 0.2) is 5.65 Å². The minimum atomic E-state index is 0.274. The smallest absolute Gasteiger partial charge is 0.180 e. The van der Waals surface area contributed by atoms with Gasteiger partial charge in [-0.25, -0.2) is 15.0 Å². The van der Waals surface area contributed by atoms with Gasteiger partial charge in [0.1, 0.15) is 17.7 Å². The molecule has 2 heterocycles. The van der Waals surface area contributed by atoms with Gasteiger partial charge < -0.3 is 4.98 Å². The Balaban J connectivity index is 2.56. The average Bonchev–Trinajstić information content (AvgIpc) is 2.47. The lowest BCUT2D eigenvalue weighted by atomic mass is 10.5. The van der Waals surface area contributed by atoms with Gasteiger partial charge in [-0.1, -0.05) is 0 Å². The quantitative estimate of drug-likeness (QED) is 0.654. The lowest BCUT2D eigenvalue weighted by Crippen LogP contribution is -1.82. The Morgan fingerprint density at radius 1 is 1.58 bits per heavy atom. The zero-order valence-electron chi connectivity index (χ0n) is 6.15. The number of hydrogen-bond acceptors (Lipinski definition) is 4. The normalized spacial score (nSPS) is 9.92. The van der Waals surface area contributed by atoms with Gasteiger partial charge in [0.2, 0.25) is 0 Å². The lowest BCUT2D eigenvalue weighted by molar-refractivity contribution is 1.07. The Bertz CT molecular complexity index is 405. The van der Waals surface area contributed by atoms with Crippen molar-refractivity contribution in [3.63, 3.8) is 0 Å². The number of rotatable bonds is 1. The fourth-order valence-corrected chi connectivity index (χ4v) is 0.970. The van der Waals surface area contributed by atoms with Gasteiger partial charge in [-0.05, 0) is 0 Å². The van der Waals surface area contributed by atoms with Gasteiger partial charge in [0.25, 0.3) is 0 Å². The van der Waals surface area contributed by atoms with Crippen LogP contribution in [0.15, 0.2) is 12.5 Å². The molecule has 0 bridgehead atoms. The highest BCUT2D eigenvalue weighted by atomic mass is 15.0. The number of nitrogens with one attached hydrogen (secondary N) is 1. The molecule has 5 heteroatoms. The van der Waals surface area contributed by atoms with Crippen LogP contribution in [0.25, 0.3) is 11.2 Å². The van der Waals surface area contributed by atoms with Gasteiger partial charge >= 0.3 is 0 Å². The van der Waals surface area contributed by atoms with E-state index in [0.717, 1.165) is 5.52 Å². The van der Waals surface area contributed by atoms with E-state index in [-0.39, 0.29) is 6.42 Å². The molecule has 0 aromatic carbocycles. The van der Waals surface area contributed by atoms with E-state index in [2.05, 4.69) is 19.9 Å². The summed E-state index contributed by atoms with van der Waals surface area (Å²) in [6, 6.07) is 2.00. The Morgan fingerprint density at radius 3 is 3.25 bits per heavy atom. The van der Waals surface area contributed by atoms with Crippen LogP contribution in [0.4, 0.5) is 0 Å². The van der Waals surface area contributed by atoms with E-state index >= 15 is 0 Å². The molecule has 2 aromatic heterocycles. The molecule has 0 radical (unpaired) electrons. The Hall–Kier alpha value is -1.96. The number of nitrogens with zero attached hydrogens (tertiary/aromatic N) is 4. The summed E-state index contributed by atoms with van der Waals surface area (Å²) in [6.07, 6.45) is 3.34. The summed E-state index contributed by atoms with van der Waals surface area (Å²) in [5, 5.41) is 8.40. The molecule has 0 aliphatic rings. The monoisotopic (exact) mass is 159 g/mol. The Kier molecular flexibility index (Phi) is 1.45. The predicted molar refractivity (Wildman–Crippen MR) is 41.0 cm³/mol. The van der Waals surface area contributed by atoms with Crippen molar-refractivity contribution in [1.82, 2.24) is 19.9 Å².